The molecule has 0 radical (unpaired) electrons. The van der Waals surface area contributed by atoms with Gasteiger partial charge in [-0.05, 0) is 12.1 Å². The summed E-state index contributed by atoms with van der Waals surface area (Å²) in [4.78, 5) is 0. The van der Waals surface area contributed by atoms with Crippen molar-refractivity contribution >= 4 is 0 Å². The van der Waals surface area contributed by atoms with Crippen molar-refractivity contribution in [2.45, 2.75) is 0 Å². The number of aromatic amines is 1. The standard InChI is InChI=1S/C11H9N3O/c1-15-10-4-2-3-8(5-10)11-9(6-12)7-13-14-11/h2-5,7H,1H3,(H,13,14). The second kappa shape index (κ2) is 3.84. The van der Waals surface area contributed by atoms with Gasteiger partial charge >= 0.3 is 0 Å². The number of benzene rings is 1. The first-order chi connectivity index (χ1) is 7.35. The summed E-state index contributed by atoms with van der Waals surface area (Å²) in [5.41, 5.74) is 2.14. The van der Waals surface area contributed by atoms with Crippen molar-refractivity contribution < 1.29 is 4.74 Å². The van der Waals surface area contributed by atoms with Crippen molar-refractivity contribution in [3.8, 4) is 23.1 Å². The van der Waals surface area contributed by atoms with Crippen LogP contribution in [-0.2, 0) is 0 Å². The van der Waals surface area contributed by atoms with E-state index in [0.717, 1.165) is 17.0 Å². The van der Waals surface area contributed by atoms with Crippen molar-refractivity contribution in [2.24, 2.45) is 0 Å². The fourth-order valence-corrected chi connectivity index (χ4v) is 1.37. The first-order valence-corrected chi connectivity index (χ1v) is 4.43. The van der Waals surface area contributed by atoms with Crippen molar-refractivity contribution in [3.63, 3.8) is 0 Å². The molecule has 0 aliphatic rings. The van der Waals surface area contributed by atoms with Gasteiger partial charge in [-0.2, -0.15) is 10.4 Å². The lowest BCUT2D eigenvalue weighted by Crippen LogP contribution is -1.85. The van der Waals surface area contributed by atoms with E-state index >= 15 is 0 Å². The maximum absolute atomic E-state index is 8.85. The quantitative estimate of drug-likeness (QED) is 0.804. The Kier molecular flexibility index (Phi) is 2.38. The second-order valence-corrected chi connectivity index (χ2v) is 3.00. The molecule has 0 fully saturated rings. The maximum Gasteiger partial charge on any atom is 0.119 e. The third-order valence-electron chi connectivity index (χ3n) is 2.12. The van der Waals surface area contributed by atoms with Gasteiger partial charge in [0.05, 0.1) is 24.6 Å². The van der Waals surface area contributed by atoms with Crippen LogP contribution in [0, 0.1) is 11.3 Å². The molecule has 74 valence electrons. The van der Waals surface area contributed by atoms with Gasteiger partial charge in [-0.25, -0.2) is 0 Å². The smallest absolute Gasteiger partial charge is 0.119 e. The van der Waals surface area contributed by atoms with E-state index in [4.69, 9.17) is 10.00 Å². The van der Waals surface area contributed by atoms with E-state index in [2.05, 4.69) is 16.3 Å². The van der Waals surface area contributed by atoms with Gasteiger partial charge < -0.3 is 4.74 Å². The Morgan fingerprint density at radius 3 is 3.07 bits per heavy atom. The van der Waals surface area contributed by atoms with Crippen LogP contribution in [0.4, 0.5) is 0 Å². The van der Waals surface area contributed by atoms with Gasteiger partial charge in [0.25, 0.3) is 0 Å². The highest BCUT2D eigenvalue weighted by Gasteiger charge is 2.07. The van der Waals surface area contributed by atoms with E-state index in [-0.39, 0.29) is 0 Å². The van der Waals surface area contributed by atoms with Crippen LogP contribution in [-0.4, -0.2) is 17.3 Å². The van der Waals surface area contributed by atoms with E-state index in [1.807, 2.05) is 24.3 Å². The van der Waals surface area contributed by atoms with Crippen molar-refractivity contribution in [3.05, 3.63) is 36.0 Å². The van der Waals surface area contributed by atoms with E-state index in [1.54, 1.807) is 7.11 Å². The lowest BCUT2D eigenvalue weighted by Gasteiger charge is -2.02. The van der Waals surface area contributed by atoms with Gasteiger partial charge in [0, 0.05) is 5.56 Å². The molecule has 0 aliphatic carbocycles. The highest BCUT2D eigenvalue weighted by atomic mass is 16.5. The average molecular weight is 199 g/mol. The molecule has 2 aromatic rings. The number of hydrogen-bond acceptors (Lipinski definition) is 3. The van der Waals surface area contributed by atoms with E-state index < -0.39 is 0 Å². The van der Waals surface area contributed by atoms with Crippen molar-refractivity contribution in [1.29, 1.82) is 5.26 Å². The summed E-state index contributed by atoms with van der Waals surface area (Å²) in [6.07, 6.45) is 1.51. The molecular weight excluding hydrogens is 190 g/mol. The summed E-state index contributed by atoms with van der Waals surface area (Å²) in [7, 11) is 1.61. The first kappa shape index (κ1) is 9.28. The number of nitriles is 1. The Labute approximate surface area is 87.1 Å². The number of hydrogen-bond donors (Lipinski definition) is 1. The van der Waals surface area contributed by atoms with Gasteiger partial charge in [0.2, 0.25) is 0 Å². The topological polar surface area (TPSA) is 61.7 Å². The molecule has 2 rings (SSSR count). The van der Waals surface area contributed by atoms with Crippen LogP contribution >= 0.6 is 0 Å². The molecule has 0 saturated carbocycles. The SMILES string of the molecule is COc1cccc(-c2[nH]ncc2C#N)c1. The Bertz CT molecular complexity index is 511. The fraction of sp³-hybridized carbons (Fsp3) is 0.0909. The number of nitrogens with one attached hydrogen (secondary N) is 1. The van der Waals surface area contributed by atoms with Crippen LogP contribution in [0.5, 0.6) is 5.75 Å². The average Bonchev–Trinajstić information content (AvgIpc) is 2.77. The minimum absolute atomic E-state index is 0.531. The summed E-state index contributed by atoms with van der Waals surface area (Å²) in [6, 6.07) is 9.56. The van der Waals surface area contributed by atoms with Crippen molar-refractivity contribution in [2.75, 3.05) is 7.11 Å². The Morgan fingerprint density at radius 2 is 2.33 bits per heavy atom. The van der Waals surface area contributed by atoms with E-state index in [1.165, 1.54) is 6.20 Å². The zero-order valence-corrected chi connectivity index (χ0v) is 8.19. The molecular formula is C11H9N3O. The second-order valence-electron chi connectivity index (χ2n) is 3.00. The maximum atomic E-state index is 8.85. The highest BCUT2D eigenvalue weighted by Crippen LogP contribution is 2.24. The molecule has 0 saturated heterocycles. The van der Waals surface area contributed by atoms with E-state index in [0.29, 0.717) is 5.56 Å². The normalized spacial score (nSPS) is 9.60. The molecule has 4 heteroatoms. The third kappa shape index (κ3) is 1.67. The number of rotatable bonds is 2. The van der Waals surface area contributed by atoms with Gasteiger partial charge in [-0.3, -0.25) is 5.10 Å². The van der Waals surface area contributed by atoms with Crippen LogP contribution in [0.25, 0.3) is 11.3 Å². The number of aromatic nitrogens is 2. The van der Waals surface area contributed by atoms with Crippen LogP contribution < -0.4 is 4.74 Å². The largest absolute Gasteiger partial charge is 0.497 e. The molecule has 0 atom stereocenters. The Hall–Kier alpha value is -2.28. The van der Waals surface area contributed by atoms with Crippen LogP contribution in [0.2, 0.25) is 0 Å². The number of H-pyrrole nitrogens is 1. The molecule has 1 aromatic heterocycles. The van der Waals surface area contributed by atoms with Crippen LogP contribution in [0.3, 0.4) is 0 Å². The van der Waals surface area contributed by atoms with Gasteiger partial charge in [-0.15, -0.1) is 0 Å². The lowest BCUT2D eigenvalue weighted by atomic mass is 10.1. The molecule has 0 amide bonds. The van der Waals surface area contributed by atoms with Crippen LogP contribution in [0.15, 0.2) is 30.5 Å². The molecule has 1 aromatic carbocycles. The molecule has 0 aliphatic heterocycles. The number of ether oxygens (including phenoxy) is 1. The summed E-state index contributed by atoms with van der Waals surface area (Å²) in [5, 5.41) is 15.5. The molecule has 0 spiro atoms. The Morgan fingerprint density at radius 1 is 1.47 bits per heavy atom. The van der Waals surface area contributed by atoms with Crippen molar-refractivity contribution in [1.82, 2.24) is 10.2 Å². The number of methoxy groups -OCH3 is 1. The highest BCUT2D eigenvalue weighted by molar-refractivity contribution is 5.67. The minimum Gasteiger partial charge on any atom is -0.497 e. The zero-order chi connectivity index (χ0) is 10.7. The summed E-state index contributed by atoms with van der Waals surface area (Å²) >= 11 is 0. The fourth-order valence-electron chi connectivity index (χ4n) is 1.37. The molecule has 15 heavy (non-hydrogen) atoms. The molecule has 1 heterocycles. The van der Waals surface area contributed by atoms with Gasteiger partial charge in [0.1, 0.15) is 11.8 Å². The number of nitrogens with zero attached hydrogens (tertiary/aromatic N) is 2. The van der Waals surface area contributed by atoms with Crippen LogP contribution in [0.1, 0.15) is 5.56 Å². The Balaban J connectivity index is 2.50. The predicted octanol–water partition coefficient (Wildman–Crippen LogP) is 1.96. The summed E-state index contributed by atoms with van der Waals surface area (Å²) in [6.45, 7) is 0. The minimum atomic E-state index is 0.531. The molecule has 4 nitrogen and oxygen atoms in total. The summed E-state index contributed by atoms with van der Waals surface area (Å²) in [5.74, 6) is 0.756. The molecule has 1 N–H and O–H groups in total. The van der Waals surface area contributed by atoms with Gasteiger partial charge in [0.15, 0.2) is 0 Å². The monoisotopic (exact) mass is 199 g/mol. The molecule has 0 bridgehead atoms. The molecule has 0 unspecified atom stereocenters. The lowest BCUT2D eigenvalue weighted by molar-refractivity contribution is 0.415. The predicted molar refractivity (Wildman–Crippen MR) is 55.3 cm³/mol. The zero-order valence-electron chi connectivity index (χ0n) is 8.19. The van der Waals surface area contributed by atoms with Gasteiger partial charge in [-0.1, -0.05) is 12.1 Å². The first-order valence-electron chi connectivity index (χ1n) is 4.43. The summed E-state index contributed by atoms with van der Waals surface area (Å²) < 4.78 is 5.11. The third-order valence-corrected chi connectivity index (χ3v) is 2.12. The van der Waals surface area contributed by atoms with E-state index in [9.17, 15) is 0 Å².